The van der Waals surface area contributed by atoms with Gasteiger partial charge in [0.25, 0.3) is 0 Å². The van der Waals surface area contributed by atoms with Crippen LogP contribution in [0.15, 0.2) is 71.6 Å². The molecule has 0 bridgehead atoms. The van der Waals surface area contributed by atoms with Gasteiger partial charge in [-0.15, -0.1) is 0 Å². The van der Waals surface area contributed by atoms with Crippen molar-refractivity contribution in [3.63, 3.8) is 0 Å². The van der Waals surface area contributed by atoms with Crippen LogP contribution in [-0.4, -0.2) is 120 Å². The second kappa shape index (κ2) is 18.2. The molecule has 4 saturated heterocycles. The number of hydrogen-bond acceptors (Lipinski definition) is 13. The first-order valence-corrected chi connectivity index (χ1v) is 25.0. The summed E-state index contributed by atoms with van der Waals surface area (Å²) in [5, 5.41) is 9.34. The number of fused-ring (bicyclic) bond motifs is 1. The van der Waals surface area contributed by atoms with E-state index in [1.165, 1.54) is 6.07 Å². The highest BCUT2D eigenvalue weighted by molar-refractivity contribution is 9.10. The molecule has 330 valence electrons. The number of aromatic nitrogens is 4. The van der Waals surface area contributed by atoms with Gasteiger partial charge in [0.05, 0.1) is 32.6 Å². The number of rotatable bonds is 12. The normalized spacial score (nSPS) is 19.6. The summed E-state index contributed by atoms with van der Waals surface area (Å²) in [4.78, 5) is 51.1. The van der Waals surface area contributed by atoms with Gasteiger partial charge in [0, 0.05) is 100 Å². The summed E-state index contributed by atoms with van der Waals surface area (Å²) in [5.41, 5.74) is 4.12. The molecule has 4 aliphatic rings. The Kier molecular flexibility index (Phi) is 12.5. The number of anilines is 6. The number of carbonyl (C=O) groups excluding carboxylic acids is 2. The molecule has 0 saturated carbocycles. The standard InChI is InChI=1S/C45H51BrF2N11O3P/c1-63(2,62)42-38(8-7-37-41(42)50-15-14-49-37)53-43-34(46)25-51-45(55-43)52-29-3-9-39(36(48)23-29)59-21-19-58(20-22-59)31-26-56(27-31)16-11-28-12-17-57(18-13-28)30-4-5-32(35(47)24-30)33-6-10-40(60)54-44(33)61/h3-5,7-9,14-15,23-25,28,31,33H,6,10-13,16-22,26-27H2,1-2H3,(H,54,60,61)(H2,51,52,53,55). The Bertz CT molecular complexity index is 2580. The van der Waals surface area contributed by atoms with Crippen molar-refractivity contribution in [2.45, 2.75) is 44.1 Å². The second-order valence-corrected chi connectivity index (χ2v) is 21.4. The van der Waals surface area contributed by atoms with E-state index in [1.807, 2.05) is 30.3 Å². The molecule has 1 atom stereocenters. The molecule has 1 unspecified atom stereocenters. The number of imide groups is 1. The second-order valence-electron chi connectivity index (χ2n) is 17.4. The lowest BCUT2D eigenvalue weighted by atomic mass is 9.89. The first-order valence-electron chi connectivity index (χ1n) is 21.6. The largest absolute Gasteiger partial charge is 0.371 e. The summed E-state index contributed by atoms with van der Waals surface area (Å²) in [5.74, 6) is -0.697. The van der Waals surface area contributed by atoms with E-state index in [0.717, 1.165) is 83.9 Å². The highest BCUT2D eigenvalue weighted by Gasteiger charge is 2.35. The van der Waals surface area contributed by atoms with Gasteiger partial charge in [-0.2, -0.15) is 4.98 Å². The molecule has 4 aliphatic heterocycles. The molecule has 2 aromatic heterocycles. The minimum absolute atomic E-state index is 0.228. The molecule has 63 heavy (non-hydrogen) atoms. The van der Waals surface area contributed by atoms with Crippen LogP contribution in [0.5, 0.6) is 0 Å². The molecule has 4 fully saturated rings. The van der Waals surface area contributed by atoms with Crippen LogP contribution in [0.1, 0.15) is 43.6 Å². The van der Waals surface area contributed by atoms with E-state index in [-0.39, 0.29) is 29.9 Å². The van der Waals surface area contributed by atoms with Gasteiger partial charge in [-0.3, -0.25) is 29.8 Å². The quantitative estimate of drug-likeness (QED) is 0.0887. The average Bonchev–Trinajstić information content (AvgIpc) is 3.24. The molecular weight excluding hydrogens is 891 g/mol. The molecule has 6 heterocycles. The van der Waals surface area contributed by atoms with E-state index in [2.05, 4.69) is 71.4 Å². The molecule has 14 nitrogen and oxygen atoms in total. The zero-order chi connectivity index (χ0) is 43.8. The fraction of sp³-hybridized carbons (Fsp3) is 0.422. The number of carbonyl (C=O) groups is 2. The summed E-state index contributed by atoms with van der Waals surface area (Å²) < 4.78 is 44.8. The lowest BCUT2D eigenvalue weighted by Crippen LogP contribution is -2.63. The number of likely N-dealkylation sites (tertiary alicyclic amines) is 1. The summed E-state index contributed by atoms with van der Waals surface area (Å²) >= 11 is 3.52. The van der Waals surface area contributed by atoms with E-state index in [4.69, 9.17) is 0 Å². The van der Waals surface area contributed by atoms with E-state index in [0.29, 0.717) is 67.6 Å². The van der Waals surface area contributed by atoms with Crippen LogP contribution in [0.25, 0.3) is 11.0 Å². The van der Waals surface area contributed by atoms with Gasteiger partial charge in [-0.1, -0.05) is 6.07 Å². The van der Waals surface area contributed by atoms with Gasteiger partial charge in [-0.25, -0.2) is 13.8 Å². The summed E-state index contributed by atoms with van der Waals surface area (Å²) in [6.45, 7) is 11.6. The van der Waals surface area contributed by atoms with Gasteiger partial charge >= 0.3 is 0 Å². The molecule has 3 aromatic carbocycles. The zero-order valence-electron chi connectivity index (χ0n) is 35.4. The highest BCUT2D eigenvalue weighted by atomic mass is 79.9. The average molecular weight is 943 g/mol. The number of benzene rings is 3. The molecule has 5 aromatic rings. The van der Waals surface area contributed by atoms with E-state index in [1.54, 1.807) is 44.1 Å². The number of piperazine rings is 1. The van der Waals surface area contributed by atoms with Crippen LogP contribution in [-0.2, 0) is 14.2 Å². The van der Waals surface area contributed by atoms with Gasteiger partial charge in [0.1, 0.15) is 30.1 Å². The summed E-state index contributed by atoms with van der Waals surface area (Å²) in [6, 6.07) is 14.4. The zero-order valence-corrected chi connectivity index (χ0v) is 37.8. The van der Waals surface area contributed by atoms with Gasteiger partial charge in [0.2, 0.25) is 17.8 Å². The number of amides is 2. The maximum absolute atomic E-state index is 15.7. The fourth-order valence-corrected chi connectivity index (χ4v) is 11.1. The van der Waals surface area contributed by atoms with Crippen LogP contribution >= 0.6 is 23.1 Å². The molecular formula is C45H51BrF2N11O3P. The first-order chi connectivity index (χ1) is 30.4. The number of nitrogens with zero attached hydrogens (tertiary/aromatic N) is 8. The van der Waals surface area contributed by atoms with E-state index < -0.39 is 19.0 Å². The molecule has 2 amide bonds. The van der Waals surface area contributed by atoms with Crippen LogP contribution in [0.2, 0.25) is 0 Å². The van der Waals surface area contributed by atoms with E-state index >= 15 is 8.78 Å². The van der Waals surface area contributed by atoms with Crippen LogP contribution < -0.4 is 31.1 Å². The molecule has 9 rings (SSSR count). The van der Waals surface area contributed by atoms with Crippen LogP contribution in [0.4, 0.5) is 43.3 Å². The third-order valence-corrected chi connectivity index (χ3v) is 15.0. The van der Waals surface area contributed by atoms with Crippen molar-refractivity contribution in [3.8, 4) is 0 Å². The van der Waals surface area contributed by atoms with Crippen molar-refractivity contribution in [1.82, 2.24) is 35.1 Å². The third kappa shape index (κ3) is 9.57. The summed E-state index contributed by atoms with van der Waals surface area (Å²) in [6.07, 6.45) is 8.63. The Morgan fingerprint density at radius 3 is 2.37 bits per heavy atom. The first kappa shape index (κ1) is 43.2. The number of piperidine rings is 2. The van der Waals surface area contributed by atoms with Crippen LogP contribution in [0, 0.1) is 17.6 Å². The SMILES string of the molecule is CP(C)(=O)c1c(Nc2nc(Nc3ccc(N4CCN(C5CN(CCC6CCN(c7ccc(C8CCC(=O)NC8=O)c(F)c7)CC6)C5)CC4)c(F)c3)ncc2Br)ccc2nccnc12. The third-order valence-electron chi connectivity index (χ3n) is 12.9. The lowest BCUT2D eigenvalue weighted by Gasteiger charge is -2.49. The maximum Gasteiger partial charge on any atom is 0.234 e. The molecule has 0 aliphatic carbocycles. The van der Waals surface area contributed by atoms with Crippen molar-refractivity contribution in [2.75, 3.05) is 92.7 Å². The number of hydrogen-bond donors (Lipinski definition) is 3. The van der Waals surface area contributed by atoms with Gasteiger partial charge < -0.3 is 29.9 Å². The van der Waals surface area contributed by atoms with Crippen LogP contribution in [0.3, 0.4) is 0 Å². The predicted octanol–water partition coefficient (Wildman–Crippen LogP) is 6.83. The van der Waals surface area contributed by atoms with Crippen molar-refractivity contribution < 1.29 is 22.9 Å². The number of halogens is 3. The fourth-order valence-electron chi connectivity index (χ4n) is 9.40. The van der Waals surface area contributed by atoms with Crippen molar-refractivity contribution in [1.29, 1.82) is 0 Å². The van der Waals surface area contributed by atoms with Crippen molar-refractivity contribution >= 4 is 85.7 Å². The minimum atomic E-state index is -2.78. The van der Waals surface area contributed by atoms with Crippen molar-refractivity contribution in [2.24, 2.45) is 5.92 Å². The maximum atomic E-state index is 15.7. The lowest BCUT2D eigenvalue weighted by molar-refractivity contribution is -0.134. The number of nitrogens with one attached hydrogen (secondary N) is 3. The van der Waals surface area contributed by atoms with Gasteiger partial charge in [0.15, 0.2) is 0 Å². The minimum Gasteiger partial charge on any atom is -0.371 e. The topological polar surface area (TPSA) is 152 Å². The van der Waals surface area contributed by atoms with Gasteiger partial charge in [-0.05, 0) is 110 Å². The predicted molar refractivity (Wildman–Crippen MR) is 246 cm³/mol. The Labute approximate surface area is 373 Å². The Morgan fingerprint density at radius 1 is 0.857 bits per heavy atom. The molecule has 0 spiro atoms. The molecule has 0 radical (unpaired) electrons. The molecule has 3 N–H and O–H groups in total. The monoisotopic (exact) mass is 941 g/mol. The summed E-state index contributed by atoms with van der Waals surface area (Å²) in [7, 11) is -2.78. The Hall–Kier alpha value is -5.09. The molecule has 18 heteroatoms. The smallest absolute Gasteiger partial charge is 0.234 e. The Balaban J connectivity index is 0.716. The van der Waals surface area contributed by atoms with Crippen molar-refractivity contribution in [3.05, 3.63) is 88.8 Å². The highest BCUT2D eigenvalue weighted by Crippen LogP contribution is 2.41. The van der Waals surface area contributed by atoms with E-state index in [9.17, 15) is 14.2 Å². The Morgan fingerprint density at radius 2 is 1.63 bits per heavy atom.